The lowest BCUT2D eigenvalue weighted by Gasteiger charge is -2.22. The molecule has 300 valence electrons. The highest BCUT2D eigenvalue weighted by molar-refractivity contribution is 7.80. The highest BCUT2D eigenvalue weighted by Gasteiger charge is 2.30. The van der Waals surface area contributed by atoms with Crippen LogP contribution in [0.25, 0.3) is 27.6 Å². The van der Waals surface area contributed by atoms with Gasteiger partial charge in [0.1, 0.15) is 17.4 Å². The zero-order valence-corrected chi connectivity index (χ0v) is 32.0. The highest BCUT2D eigenvalue weighted by Crippen LogP contribution is 2.37. The van der Waals surface area contributed by atoms with Crippen molar-refractivity contribution in [3.63, 3.8) is 0 Å². The number of fused-ring (bicyclic) bond motifs is 2. The number of carbonyl (C=O) groups is 1. The van der Waals surface area contributed by atoms with Crippen molar-refractivity contribution in [2.75, 3.05) is 24.6 Å². The van der Waals surface area contributed by atoms with Crippen molar-refractivity contribution in [3.8, 4) is 17.3 Å². The Morgan fingerprint density at radius 2 is 1.75 bits per heavy atom. The second kappa shape index (κ2) is 16.7. The number of hydrogen-bond acceptors (Lipinski definition) is 9. The van der Waals surface area contributed by atoms with Gasteiger partial charge in [0.05, 0.1) is 40.7 Å². The molecule has 57 heavy (non-hydrogen) atoms. The summed E-state index contributed by atoms with van der Waals surface area (Å²) < 4.78 is 98.6. The molecule has 0 aliphatic heterocycles. The zero-order chi connectivity index (χ0) is 41.2. The predicted octanol–water partition coefficient (Wildman–Crippen LogP) is 6.60. The van der Waals surface area contributed by atoms with Crippen LogP contribution in [0.5, 0.6) is 11.6 Å². The van der Waals surface area contributed by atoms with Crippen LogP contribution in [0.3, 0.4) is 0 Å². The van der Waals surface area contributed by atoms with Crippen LogP contribution < -0.4 is 25.1 Å². The smallest absolute Gasteiger partial charge is 0.405 e. The monoisotopic (exact) mass is 831 g/mol. The van der Waals surface area contributed by atoms with Crippen LogP contribution in [-0.4, -0.2) is 65.4 Å². The average Bonchev–Trinajstić information content (AvgIpc) is 3.48. The number of nitrogens with zero attached hydrogens (tertiary/aromatic N) is 6. The van der Waals surface area contributed by atoms with Gasteiger partial charge < -0.3 is 19.9 Å². The molecular formula is C37H34ClF4N7O7S. The summed E-state index contributed by atoms with van der Waals surface area (Å²) in [4.78, 5) is 35.8. The third kappa shape index (κ3) is 9.27. The molecule has 0 bridgehead atoms. The number of primary amides is 1. The molecule has 0 radical (unpaired) electrons. The molecule has 0 saturated carbocycles. The van der Waals surface area contributed by atoms with Crippen molar-refractivity contribution >= 4 is 56.7 Å². The summed E-state index contributed by atoms with van der Waals surface area (Å²) in [6.45, 7) is 0.299. The van der Waals surface area contributed by atoms with Crippen molar-refractivity contribution in [2.45, 2.75) is 38.2 Å². The fraction of sp³-hybridized carbons (Fsp3) is 0.270. The fourth-order valence-corrected chi connectivity index (χ4v) is 6.93. The van der Waals surface area contributed by atoms with E-state index in [0.29, 0.717) is 18.2 Å². The minimum atomic E-state index is -3.03. The molecule has 0 spiro atoms. The van der Waals surface area contributed by atoms with Crippen LogP contribution in [0, 0.1) is 11.6 Å². The third-order valence-corrected chi connectivity index (χ3v) is 9.79. The quantitative estimate of drug-likeness (QED) is 0.0847. The van der Waals surface area contributed by atoms with E-state index < -0.39 is 66.0 Å². The Morgan fingerprint density at radius 3 is 2.39 bits per heavy atom. The second-order valence-corrected chi connectivity index (χ2v) is 14.2. The average molecular weight is 832 g/mol. The number of aryl methyl sites for hydroxylation is 1. The first-order valence-corrected chi connectivity index (χ1v) is 18.5. The Morgan fingerprint density at radius 1 is 1.05 bits per heavy atom. The maximum absolute atomic E-state index is 14.6. The number of benzene rings is 3. The predicted molar refractivity (Wildman–Crippen MR) is 203 cm³/mol. The molecule has 3 heterocycles. The van der Waals surface area contributed by atoms with E-state index in [4.69, 9.17) is 31.5 Å². The molecule has 0 aliphatic rings. The lowest BCUT2D eigenvalue weighted by atomic mass is 10.1. The van der Waals surface area contributed by atoms with Gasteiger partial charge in [0.2, 0.25) is 11.8 Å². The number of hydrogen-bond donors (Lipinski definition) is 2. The topological polar surface area (TPSA) is 177 Å². The standard InChI is InChI=1S/C37H34ClF4N7O7S/c1-37(41,42)13-15-55-29-11-8-25-32(44-29)45-33(28(56-36(43)51)18-21-16-22(39)19-23(40)17-21)49(35(25)50)27-10-9-26(38)30-31(27)47(2)46-34(30)48(57(52)53)14-12-20-4-6-24(54-3)7-5-20/h4-11,16-17,19,28H,12-15,18H2,1-3H3,(H2,43,51)(H,52,53). The second-order valence-electron chi connectivity index (χ2n) is 12.9. The minimum Gasteiger partial charge on any atom is -0.497 e. The van der Waals surface area contributed by atoms with E-state index in [0.717, 1.165) is 33.5 Å². The normalized spacial score (nSPS) is 12.8. The molecule has 6 aromatic rings. The molecule has 0 saturated heterocycles. The van der Waals surface area contributed by atoms with E-state index >= 15 is 0 Å². The molecule has 14 nitrogen and oxygen atoms in total. The molecule has 3 N–H and O–H groups in total. The van der Waals surface area contributed by atoms with E-state index in [2.05, 4.69) is 15.1 Å². The molecule has 3 aromatic carbocycles. The molecule has 1 amide bonds. The first-order chi connectivity index (χ1) is 27.0. The summed E-state index contributed by atoms with van der Waals surface area (Å²) in [7, 11) is 3.03. The number of methoxy groups -OCH3 is 1. The van der Waals surface area contributed by atoms with Gasteiger partial charge >= 0.3 is 6.09 Å². The number of anilines is 1. The summed E-state index contributed by atoms with van der Waals surface area (Å²) >= 11 is 4.14. The third-order valence-electron chi connectivity index (χ3n) is 8.74. The Balaban J connectivity index is 1.55. The Kier molecular flexibility index (Phi) is 12.0. The van der Waals surface area contributed by atoms with Gasteiger partial charge in [-0.3, -0.25) is 22.9 Å². The Labute approximate surface area is 329 Å². The molecule has 2 unspecified atom stereocenters. The van der Waals surface area contributed by atoms with E-state index in [1.165, 1.54) is 43.1 Å². The first-order valence-electron chi connectivity index (χ1n) is 17.1. The Hall–Kier alpha value is -5.79. The molecule has 3 aromatic heterocycles. The van der Waals surface area contributed by atoms with Crippen LogP contribution in [-0.2, 0) is 35.9 Å². The zero-order valence-electron chi connectivity index (χ0n) is 30.4. The van der Waals surface area contributed by atoms with Crippen molar-refractivity contribution in [3.05, 3.63) is 111 Å². The van der Waals surface area contributed by atoms with Gasteiger partial charge in [-0.2, -0.15) is 10.1 Å². The van der Waals surface area contributed by atoms with Crippen molar-refractivity contribution < 1.29 is 45.3 Å². The van der Waals surface area contributed by atoms with E-state index in [1.807, 2.05) is 0 Å². The Bertz CT molecular complexity index is 2530. The summed E-state index contributed by atoms with van der Waals surface area (Å²) in [5.74, 6) is -4.78. The lowest BCUT2D eigenvalue weighted by Crippen LogP contribution is -2.30. The van der Waals surface area contributed by atoms with Gasteiger partial charge in [-0.15, -0.1) is 0 Å². The van der Waals surface area contributed by atoms with Crippen LogP contribution >= 0.6 is 11.6 Å². The van der Waals surface area contributed by atoms with Gasteiger partial charge in [0.25, 0.3) is 16.8 Å². The largest absolute Gasteiger partial charge is 0.497 e. The van der Waals surface area contributed by atoms with Crippen LogP contribution in [0.4, 0.5) is 28.2 Å². The van der Waals surface area contributed by atoms with E-state index in [1.54, 1.807) is 24.3 Å². The molecule has 6 rings (SSSR count). The van der Waals surface area contributed by atoms with E-state index in [9.17, 15) is 35.9 Å². The molecule has 2 atom stereocenters. The fourth-order valence-electron chi connectivity index (χ4n) is 6.17. The first kappa shape index (κ1) is 40.9. The van der Waals surface area contributed by atoms with Gasteiger partial charge in [0.15, 0.2) is 23.4 Å². The van der Waals surface area contributed by atoms with Crippen LogP contribution in [0.1, 0.15) is 36.4 Å². The highest BCUT2D eigenvalue weighted by atomic mass is 35.5. The number of carbonyl (C=O) groups excluding carboxylic acids is 1. The van der Waals surface area contributed by atoms with Crippen LogP contribution in [0.15, 0.2) is 71.5 Å². The van der Waals surface area contributed by atoms with E-state index in [-0.39, 0.29) is 62.3 Å². The number of alkyl halides is 2. The van der Waals surface area contributed by atoms with Crippen molar-refractivity contribution in [1.29, 1.82) is 0 Å². The molecule has 0 fully saturated rings. The number of halogens is 5. The van der Waals surface area contributed by atoms with Crippen molar-refractivity contribution in [2.24, 2.45) is 12.8 Å². The van der Waals surface area contributed by atoms with Gasteiger partial charge in [-0.25, -0.2) is 31.5 Å². The van der Waals surface area contributed by atoms with Crippen molar-refractivity contribution in [1.82, 2.24) is 24.3 Å². The lowest BCUT2D eigenvalue weighted by molar-refractivity contribution is 0.000445. The summed E-state index contributed by atoms with van der Waals surface area (Å²) in [6.07, 6.45) is -3.71. The van der Waals surface area contributed by atoms with Gasteiger partial charge in [-0.1, -0.05) is 23.7 Å². The number of amides is 1. The minimum absolute atomic E-state index is 0.00443. The number of nitrogens with two attached hydrogens (primary N) is 1. The molecule has 0 aliphatic carbocycles. The number of ether oxygens (including phenoxy) is 3. The maximum atomic E-state index is 14.6. The molecular weight excluding hydrogens is 798 g/mol. The maximum Gasteiger partial charge on any atom is 0.405 e. The number of aromatic nitrogens is 5. The number of rotatable bonds is 15. The van der Waals surface area contributed by atoms with Crippen LogP contribution in [0.2, 0.25) is 5.02 Å². The summed E-state index contributed by atoms with van der Waals surface area (Å²) in [6, 6.07) is 15.2. The van der Waals surface area contributed by atoms with Gasteiger partial charge in [0, 0.05) is 38.6 Å². The van der Waals surface area contributed by atoms with Gasteiger partial charge in [-0.05, 0) is 66.9 Å². The summed E-state index contributed by atoms with van der Waals surface area (Å²) in [5.41, 5.74) is 5.42. The number of pyridine rings is 1. The summed E-state index contributed by atoms with van der Waals surface area (Å²) in [5, 5.41) is 4.67. The SMILES string of the molecule is COc1ccc(CCN(c2nn(C)c3c(-n4c(C(Cc5cc(F)cc(F)c5)OC(N)=O)nc5nc(OCCC(C)(F)F)ccc5c4=O)ccc(Cl)c23)S(=O)O)cc1. The molecule has 20 heteroatoms.